The quantitative estimate of drug-likeness (QED) is 0.795. The van der Waals surface area contributed by atoms with Gasteiger partial charge in [0.25, 0.3) is 0 Å². The van der Waals surface area contributed by atoms with Gasteiger partial charge in [-0.15, -0.1) is 0 Å². The molecule has 2 heterocycles. The lowest BCUT2D eigenvalue weighted by Gasteiger charge is -2.04. The molecule has 0 saturated heterocycles. The minimum atomic E-state index is -0.404. The summed E-state index contributed by atoms with van der Waals surface area (Å²) in [4.78, 5) is 23.0. The van der Waals surface area contributed by atoms with Crippen LogP contribution in [0.4, 0.5) is 16.4 Å². The molecule has 0 fully saturated rings. The summed E-state index contributed by atoms with van der Waals surface area (Å²) in [6.45, 7) is 0. The first-order valence-electron chi connectivity index (χ1n) is 4.59. The maximum Gasteiger partial charge on any atom is 0.326 e. The maximum absolute atomic E-state index is 11.5. The summed E-state index contributed by atoms with van der Waals surface area (Å²) < 4.78 is 0. The molecular weight excluding hydrogens is 206 g/mol. The molecule has 2 N–H and O–H groups in total. The molecule has 6 heteroatoms. The normalized spacial score (nSPS) is 9.50. The molecule has 0 aliphatic heterocycles. The average Bonchev–Trinajstić information content (AvgIpc) is 2.31. The van der Waals surface area contributed by atoms with Gasteiger partial charge in [-0.25, -0.2) is 14.8 Å². The third-order valence-corrected chi connectivity index (χ3v) is 1.71. The van der Waals surface area contributed by atoms with Crippen LogP contribution in [-0.4, -0.2) is 21.0 Å². The number of nitrogens with one attached hydrogen (secondary N) is 2. The molecule has 0 radical (unpaired) electrons. The van der Waals surface area contributed by atoms with E-state index in [4.69, 9.17) is 0 Å². The molecule has 0 aliphatic carbocycles. The summed E-state index contributed by atoms with van der Waals surface area (Å²) in [5.74, 6) is 0.254. The molecule has 0 bridgehead atoms. The van der Waals surface area contributed by atoms with Gasteiger partial charge in [0.15, 0.2) is 0 Å². The smallest absolute Gasteiger partial charge is 0.306 e. The van der Waals surface area contributed by atoms with Crippen molar-refractivity contribution in [3.8, 4) is 0 Å². The zero-order chi connectivity index (χ0) is 11.2. The fraction of sp³-hybridized carbons (Fsp3) is 0. The molecule has 0 saturated carbocycles. The molecule has 80 valence electrons. The standard InChI is InChI=1S/C10H9N5O/c16-10(14-8-3-1-4-11-7-8)15-9-12-5-2-6-13-9/h1-7H,(H2,12,13,14,15,16). The lowest BCUT2D eigenvalue weighted by Crippen LogP contribution is -2.20. The van der Waals surface area contributed by atoms with E-state index in [1.54, 1.807) is 43.0 Å². The van der Waals surface area contributed by atoms with E-state index >= 15 is 0 Å². The molecule has 2 aromatic heterocycles. The van der Waals surface area contributed by atoms with E-state index in [0.717, 1.165) is 0 Å². The molecule has 2 amide bonds. The Kier molecular flexibility index (Phi) is 3.03. The van der Waals surface area contributed by atoms with Crippen molar-refractivity contribution in [1.29, 1.82) is 0 Å². The van der Waals surface area contributed by atoms with Crippen molar-refractivity contribution < 1.29 is 4.79 Å². The molecule has 0 aliphatic rings. The number of rotatable bonds is 2. The van der Waals surface area contributed by atoms with Gasteiger partial charge in [0.2, 0.25) is 5.95 Å². The van der Waals surface area contributed by atoms with Crippen LogP contribution in [0, 0.1) is 0 Å². The van der Waals surface area contributed by atoms with Crippen LogP contribution >= 0.6 is 0 Å². The van der Waals surface area contributed by atoms with Gasteiger partial charge in [0.05, 0.1) is 11.9 Å². The molecular formula is C10H9N5O. The summed E-state index contributed by atoms with van der Waals surface area (Å²) in [6.07, 6.45) is 6.27. The van der Waals surface area contributed by atoms with Gasteiger partial charge in [0, 0.05) is 18.6 Å². The lowest BCUT2D eigenvalue weighted by molar-refractivity contribution is 0.262. The van der Waals surface area contributed by atoms with Crippen molar-refractivity contribution in [1.82, 2.24) is 15.0 Å². The van der Waals surface area contributed by atoms with Crippen LogP contribution < -0.4 is 10.6 Å². The molecule has 0 unspecified atom stereocenters. The number of hydrogen-bond donors (Lipinski definition) is 2. The summed E-state index contributed by atoms with van der Waals surface area (Å²) >= 11 is 0. The second-order valence-corrected chi connectivity index (χ2v) is 2.89. The van der Waals surface area contributed by atoms with Crippen LogP contribution in [0.2, 0.25) is 0 Å². The van der Waals surface area contributed by atoms with E-state index in [-0.39, 0.29) is 5.95 Å². The third-order valence-electron chi connectivity index (χ3n) is 1.71. The second kappa shape index (κ2) is 4.83. The Morgan fingerprint density at radius 2 is 1.88 bits per heavy atom. The van der Waals surface area contributed by atoms with Crippen molar-refractivity contribution >= 4 is 17.7 Å². The Hall–Kier alpha value is -2.50. The van der Waals surface area contributed by atoms with Gasteiger partial charge in [-0.05, 0) is 18.2 Å². The van der Waals surface area contributed by atoms with Crippen LogP contribution in [0.15, 0.2) is 43.0 Å². The first-order chi connectivity index (χ1) is 7.84. The topological polar surface area (TPSA) is 79.8 Å². The van der Waals surface area contributed by atoms with Crippen LogP contribution in [0.1, 0.15) is 0 Å². The molecule has 16 heavy (non-hydrogen) atoms. The Labute approximate surface area is 91.8 Å². The van der Waals surface area contributed by atoms with E-state index in [0.29, 0.717) is 5.69 Å². The molecule has 6 nitrogen and oxygen atoms in total. The van der Waals surface area contributed by atoms with Gasteiger partial charge in [-0.1, -0.05) is 0 Å². The third kappa shape index (κ3) is 2.74. The Morgan fingerprint density at radius 3 is 2.56 bits per heavy atom. The SMILES string of the molecule is O=C(Nc1cccnc1)Nc1ncccn1. The minimum absolute atomic E-state index is 0.254. The number of urea groups is 1. The van der Waals surface area contributed by atoms with E-state index < -0.39 is 6.03 Å². The van der Waals surface area contributed by atoms with E-state index in [1.807, 2.05) is 0 Å². The average molecular weight is 215 g/mol. The first kappa shape index (κ1) is 10.0. The highest BCUT2D eigenvalue weighted by molar-refractivity contribution is 5.98. The van der Waals surface area contributed by atoms with Gasteiger partial charge in [-0.2, -0.15) is 0 Å². The summed E-state index contributed by atoms with van der Waals surface area (Å²) in [5, 5.41) is 5.09. The molecule has 0 aromatic carbocycles. The first-order valence-corrected chi connectivity index (χ1v) is 4.59. The zero-order valence-corrected chi connectivity index (χ0v) is 8.29. The molecule has 0 atom stereocenters. The van der Waals surface area contributed by atoms with Gasteiger partial charge in [-0.3, -0.25) is 10.3 Å². The molecule has 2 aromatic rings. The van der Waals surface area contributed by atoms with Crippen LogP contribution in [0.3, 0.4) is 0 Å². The Morgan fingerprint density at radius 1 is 1.06 bits per heavy atom. The number of nitrogens with zero attached hydrogens (tertiary/aromatic N) is 3. The highest BCUT2D eigenvalue weighted by atomic mass is 16.2. The van der Waals surface area contributed by atoms with Gasteiger partial charge >= 0.3 is 6.03 Å². The number of aromatic nitrogens is 3. The number of anilines is 2. The summed E-state index contributed by atoms with van der Waals surface area (Å²) in [7, 11) is 0. The minimum Gasteiger partial charge on any atom is -0.306 e. The largest absolute Gasteiger partial charge is 0.326 e. The Bertz CT molecular complexity index is 416. The van der Waals surface area contributed by atoms with Gasteiger partial charge in [0.1, 0.15) is 0 Å². The Balaban J connectivity index is 1.95. The van der Waals surface area contributed by atoms with Crippen molar-refractivity contribution in [2.75, 3.05) is 10.6 Å². The fourth-order valence-corrected chi connectivity index (χ4v) is 1.06. The van der Waals surface area contributed by atoms with Crippen LogP contribution in [-0.2, 0) is 0 Å². The number of carbonyl (C=O) groups excluding carboxylic acids is 1. The zero-order valence-electron chi connectivity index (χ0n) is 8.29. The van der Waals surface area contributed by atoms with Crippen molar-refractivity contribution in [2.45, 2.75) is 0 Å². The maximum atomic E-state index is 11.5. The predicted molar refractivity (Wildman–Crippen MR) is 58.9 cm³/mol. The number of pyridine rings is 1. The number of hydrogen-bond acceptors (Lipinski definition) is 4. The lowest BCUT2D eigenvalue weighted by atomic mass is 10.4. The van der Waals surface area contributed by atoms with E-state index in [9.17, 15) is 4.79 Å². The second-order valence-electron chi connectivity index (χ2n) is 2.89. The highest BCUT2D eigenvalue weighted by Crippen LogP contribution is 2.03. The molecule has 2 rings (SSSR count). The highest BCUT2D eigenvalue weighted by Gasteiger charge is 2.02. The van der Waals surface area contributed by atoms with Crippen LogP contribution in [0.25, 0.3) is 0 Å². The van der Waals surface area contributed by atoms with Gasteiger partial charge < -0.3 is 5.32 Å². The van der Waals surface area contributed by atoms with E-state index in [1.165, 1.54) is 0 Å². The summed E-state index contributed by atoms with van der Waals surface area (Å²) in [6, 6.07) is 4.73. The van der Waals surface area contributed by atoms with E-state index in [2.05, 4.69) is 25.6 Å². The number of amides is 2. The van der Waals surface area contributed by atoms with Crippen molar-refractivity contribution in [2.24, 2.45) is 0 Å². The predicted octanol–water partition coefficient (Wildman–Crippen LogP) is 1.52. The monoisotopic (exact) mass is 215 g/mol. The van der Waals surface area contributed by atoms with Crippen molar-refractivity contribution in [3.63, 3.8) is 0 Å². The van der Waals surface area contributed by atoms with Crippen LogP contribution in [0.5, 0.6) is 0 Å². The number of carbonyl (C=O) groups is 1. The van der Waals surface area contributed by atoms with Crippen molar-refractivity contribution in [3.05, 3.63) is 43.0 Å². The summed E-state index contributed by atoms with van der Waals surface area (Å²) in [5.41, 5.74) is 0.607. The molecule has 0 spiro atoms. The fourth-order valence-electron chi connectivity index (χ4n) is 1.06.